The monoisotopic (exact) mass is 399 g/mol. The molecular weight excluding hydrogens is 374 g/mol. The number of aromatic nitrogens is 1. The molecule has 27 heavy (non-hydrogen) atoms. The van der Waals surface area contributed by atoms with Crippen LogP contribution in [-0.2, 0) is 0 Å². The molecule has 1 heterocycles. The Balaban J connectivity index is 1.91. The highest BCUT2D eigenvalue weighted by molar-refractivity contribution is 7.98. The number of carbonyl (C=O) groups is 1. The normalized spacial score (nSPS) is 11.3. The Kier molecular flexibility index (Phi) is 6.52. The summed E-state index contributed by atoms with van der Waals surface area (Å²) in [5.74, 6) is 0.0113. The van der Waals surface area contributed by atoms with Gasteiger partial charge in [0, 0.05) is 17.0 Å². The average molecular weight is 400 g/mol. The van der Waals surface area contributed by atoms with E-state index in [9.17, 15) is 4.79 Å². The molecule has 0 spiro atoms. The number of hydrogen-bond acceptors (Lipinski definition) is 5. The Labute approximate surface area is 169 Å². The second-order valence-corrected chi connectivity index (χ2v) is 8.70. The number of aryl methyl sites for hydroxylation is 1. The van der Waals surface area contributed by atoms with E-state index < -0.39 is 0 Å². The van der Waals surface area contributed by atoms with Crippen LogP contribution < -0.4 is 4.90 Å². The summed E-state index contributed by atoms with van der Waals surface area (Å²) >= 11 is 3.26. The molecule has 2 aromatic carbocycles. The maximum absolute atomic E-state index is 13.2. The van der Waals surface area contributed by atoms with Gasteiger partial charge in [0.1, 0.15) is 0 Å². The van der Waals surface area contributed by atoms with Crippen LogP contribution in [0.3, 0.4) is 0 Å². The molecule has 1 aromatic heterocycles. The second kappa shape index (κ2) is 8.87. The minimum atomic E-state index is 0.0113. The van der Waals surface area contributed by atoms with Gasteiger partial charge in [-0.25, -0.2) is 4.98 Å². The van der Waals surface area contributed by atoms with Gasteiger partial charge in [-0.05, 0) is 82.2 Å². The molecule has 3 aromatic rings. The molecule has 0 N–H and O–H groups in total. The molecule has 0 saturated carbocycles. The van der Waals surface area contributed by atoms with Crippen LogP contribution in [0.4, 0.5) is 5.13 Å². The van der Waals surface area contributed by atoms with Gasteiger partial charge in [-0.1, -0.05) is 17.4 Å². The van der Waals surface area contributed by atoms with Gasteiger partial charge in [0.25, 0.3) is 5.91 Å². The quantitative estimate of drug-likeness (QED) is 0.528. The Morgan fingerprint density at radius 3 is 2.52 bits per heavy atom. The van der Waals surface area contributed by atoms with Crippen molar-refractivity contribution in [2.24, 2.45) is 0 Å². The van der Waals surface area contributed by atoms with Crippen molar-refractivity contribution >= 4 is 44.4 Å². The summed E-state index contributed by atoms with van der Waals surface area (Å²) < 4.78 is 1.12. The Bertz CT molecular complexity index is 919. The first-order valence-electron chi connectivity index (χ1n) is 8.96. The smallest absolute Gasteiger partial charge is 0.260 e. The highest BCUT2D eigenvalue weighted by Crippen LogP contribution is 2.30. The average Bonchev–Trinajstić information content (AvgIpc) is 3.07. The molecule has 0 unspecified atom stereocenters. The number of nitrogens with zero attached hydrogens (tertiary/aromatic N) is 3. The molecule has 4 nitrogen and oxygen atoms in total. The molecule has 0 aliphatic heterocycles. The molecule has 0 saturated heterocycles. The number of benzene rings is 2. The number of anilines is 1. The summed E-state index contributed by atoms with van der Waals surface area (Å²) in [6, 6.07) is 14.0. The molecule has 1 amide bonds. The van der Waals surface area contributed by atoms with Gasteiger partial charge < -0.3 is 4.90 Å². The van der Waals surface area contributed by atoms with E-state index in [4.69, 9.17) is 4.98 Å². The fraction of sp³-hybridized carbons (Fsp3) is 0.333. The van der Waals surface area contributed by atoms with Crippen LogP contribution in [0.1, 0.15) is 22.3 Å². The highest BCUT2D eigenvalue weighted by Gasteiger charge is 2.21. The first-order chi connectivity index (χ1) is 13.0. The lowest BCUT2D eigenvalue weighted by molar-refractivity contribution is 0.0986. The van der Waals surface area contributed by atoms with Crippen molar-refractivity contribution < 1.29 is 4.79 Å². The third-order valence-electron chi connectivity index (χ3n) is 4.33. The van der Waals surface area contributed by atoms with Crippen LogP contribution in [0, 0.1) is 6.92 Å². The van der Waals surface area contributed by atoms with Crippen LogP contribution in [0.5, 0.6) is 0 Å². The van der Waals surface area contributed by atoms with Gasteiger partial charge >= 0.3 is 0 Å². The standard InChI is InChI=1S/C21H25N3OS2/c1-15-6-11-18-19(14-15)27-21(22-18)24(13-5-12-23(2)3)20(25)16-7-9-17(26-4)10-8-16/h6-11,14H,5,12-13H2,1-4H3. The first-order valence-corrected chi connectivity index (χ1v) is 11.0. The third kappa shape index (κ3) is 4.89. The van der Waals surface area contributed by atoms with E-state index >= 15 is 0 Å². The van der Waals surface area contributed by atoms with E-state index in [1.165, 1.54) is 5.56 Å². The number of amides is 1. The SMILES string of the molecule is CSc1ccc(C(=O)N(CCCN(C)C)c2nc3ccc(C)cc3s2)cc1. The third-order valence-corrected chi connectivity index (χ3v) is 6.12. The van der Waals surface area contributed by atoms with Gasteiger partial charge in [0.05, 0.1) is 10.2 Å². The lowest BCUT2D eigenvalue weighted by Crippen LogP contribution is -2.33. The number of fused-ring (bicyclic) bond motifs is 1. The van der Waals surface area contributed by atoms with E-state index in [1.54, 1.807) is 23.1 Å². The number of thiazole rings is 1. The van der Waals surface area contributed by atoms with Crippen LogP contribution in [0.2, 0.25) is 0 Å². The predicted octanol–water partition coefficient (Wildman–Crippen LogP) is 4.93. The minimum Gasteiger partial charge on any atom is -0.309 e. The van der Waals surface area contributed by atoms with Gasteiger partial charge in [0.2, 0.25) is 0 Å². The molecule has 0 fully saturated rings. The summed E-state index contributed by atoms with van der Waals surface area (Å²) in [6.07, 6.45) is 2.93. The van der Waals surface area contributed by atoms with Crippen molar-refractivity contribution in [1.82, 2.24) is 9.88 Å². The molecule has 0 aliphatic carbocycles. The number of carbonyl (C=O) groups excluding carboxylic acids is 1. The van der Waals surface area contributed by atoms with Crippen molar-refractivity contribution in [3.63, 3.8) is 0 Å². The number of thioether (sulfide) groups is 1. The van der Waals surface area contributed by atoms with E-state index in [0.29, 0.717) is 12.1 Å². The lowest BCUT2D eigenvalue weighted by atomic mass is 10.2. The summed E-state index contributed by atoms with van der Waals surface area (Å²) in [6.45, 7) is 3.66. The zero-order valence-electron chi connectivity index (χ0n) is 16.2. The number of hydrogen-bond donors (Lipinski definition) is 0. The second-order valence-electron chi connectivity index (χ2n) is 6.81. The van der Waals surface area contributed by atoms with E-state index in [-0.39, 0.29) is 5.91 Å². The predicted molar refractivity (Wildman–Crippen MR) is 117 cm³/mol. The topological polar surface area (TPSA) is 36.4 Å². The van der Waals surface area contributed by atoms with Gasteiger partial charge in [0.15, 0.2) is 5.13 Å². The zero-order valence-corrected chi connectivity index (χ0v) is 17.9. The Morgan fingerprint density at radius 2 is 1.85 bits per heavy atom. The molecule has 0 aliphatic rings. The summed E-state index contributed by atoms with van der Waals surface area (Å²) in [4.78, 5) is 23.1. The van der Waals surface area contributed by atoms with Crippen LogP contribution in [-0.4, -0.2) is 49.2 Å². The van der Waals surface area contributed by atoms with Crippen molar-refractivity contribution in [2.45, 2.75) is 18.2 Å². The molecule has 0 atom stereocenters. The highest BCUT2D eigenvalue weighted by atomic mass is 32.2. The molecule has 0 radical (unpaired) electrons. The van der Waals surface area contributed by atoms with Crippen molar-refractivity contribution in [2.75, 3.05) is 38.3 Å². The van der Waals surface area contributed by atoms with Crippen LogP contribution in [0.15, 0.2) is 47.4 Å². The largest absolute Gasteiger partial charge is 0.309 e. The van der Waals surface area contributed by atoms with Crippen LogP contribution >= 0.6 is 23.1 Å². The van der Waals surface area contributed by atoms with E-state index in [1.807, 2.05) is 55.6 Å². The fourth-order valence-corrected chi connectivity index (χ4v) is 4.35. The first kappa shape index (κ1) is 19.9. The van der Waals surface area contributed by atoms with Gasteiger partial charge in [-0.3, -0.25) is 9.69 Å². The lowest BCUT2D eigenvalue weighted by Gasteiger charge is -2.21. The van der Waals surface area contributed by atoms with Gasteiger partial charge in [-0.15, -0.1) is 11.8 Å². The van der Waals surface area contributed by atoms with E-state index in [0.717, 1.165) is 33.2 Å². The zero-order chi connectivity index (χ0) is 19.4. The molecule has 6 heteroatoms. The Hall–Kier alpha value is -1.89. The van der Waals surface area contributed by atoms with Gasteiger partial charge in [-0.2, -0.15) is 0 Å². The van der Waals surface area contributed by atoms with Crippen molar-refractivity contribution in [3.8, 4) is 0 Å². The van der Waals surface area contributed by atoms with Crippen molar-refractivity contribution in [1.29, 1.82) is 0 Å². The maximum atomic E-state index is 13.2. The molecule has 142 valence electrons. The maximum Gasteiger partial charge on any atom is 0.260 e. The summed E-state index contributed by atoms with van der Waals surface area (Å²) in [7, 11) is 4.10. The van der Waals surface area contributed by atoms with Crippen molar-refractivity contribution in [3.05, 3.63) is 53.6 Å². The van der Waals surface area contributed by atoms with E-state index in [2.05, 4.69) is 24.0 Å². The molecular formula is C21H25N3OS2. The molecule has 3 rings (SSSR count). The minimum absolute atomic E-state index is 0.0113. The fourth-order valence-electron chi connectivity index (χ4n) is 2.85. The summed E-state index contributed by atoms with van der Waals surface area (Å²) in [5, 5.41) is 0.772. The Morgan fingerprint density at radius 1 is 1.11 bits per heavy atom. The molecule has 0 bridgehead atoms. The summed E-state index contributed by atoms with van der Waals surface area (Å²) in [5.41, 5.74) is 2.85. The number of rotatable bonds is 7. The van der Waals surface area contributed by atoms with Crippen LogP contribution in [0.25, 0.3) is 10.2 Å².